The summed E-state index contributed by atoms with van der Waals surface area (Å²) in [5, 5.41) is 0.288. The highest BCUT2D eigenvalue weighted by atomic mass is 35.5. The third-order valence-electron chi connectivity index (χ3n) is 2.31. The first kappa shape index (κ1) is 15.1. The Morgan fingerprint density at radius 1 is 0.950 bits per heavy atom. The van der Waals surface area contributed by atoms with Gasteiger partial charge in [-0.1, -0.05) is 46.9 Å². The lowest BCUT2D eigenvalue weighted by molar-refractivity contribution is 0.0847. The molecule has 0 saturated heterocycles. The summed E-state index contributed by atoms with van der Waals surface area (Å²) < 4.78 is 0.636. The number of carbonyl (C=O) groups is 2. The van der Waals surface area contributed by atoms with Gasteiger partial charge in [-0.15, -0.1) is 11.3 Å². The summed E-state index contributed by atoms with van der Waals surface area (Å²) in [7, 11) is 0. The first-order valence-corrected chi connectivity index (χ1v) is 7.24. The van der Waals surface area contributed by atoms with Gasteiger partial charge in [-0.05, 0) is 18.2 Å². The SMILES string of the molecule is O=C(NNC(=O)c1cc(Cl)sc1Cl)c1ccccc1Cl. The summed E-state index contributed by atoms with van der Waals surface area (Å²) >= 11 is 18.5. The standard InChI is InChI=1S/C12H7Cl3N2O2S/c13-8-4-2-1-3-6(8)11(18)16-17-12(19)7-5-9(14)20-10(7)15/h1-5H,(H,16,18)(H,17,19). The number of thiophene rings is 1. The first-order valence-electron chi connectivity index (χ1n) is 5.29. The predicted molar refractivity (Wildman–Crippen MR) is 80.7 cm³/mol. The number of hydrazine groups is 1. The molecule has 1 aromatic carbocycles. The van der Waals surface area contributed by atoms with Crippen LogP contribution in [0.4, 0.5) is 0 Å². The Balaban J connectivity index is 2.02. The summed E-state index contributed by atoms with van der Waals surface area (Å²) in [6, 6.07) is 7.90. The first-order chi connectivity index (χ1) is 9.49. The topological polar surface area (TPSA) is 58.2 Å². The van der Waals surface area contributed by atoms with E-state index in [1.54, 1.807) is 18.2 Å². The summed E-state index contributed by atoms with van der Waals surface area (Å²) in [6.07, 6.45) is 0. The van der Waals surface area contributed by atoms with Gasteiger partial charge in [0.05, 0.1) is 20.5 Å². The maximum Gasteiger partial charge on any atom is 0.272 e. The number of nitrogens with one attached hydrogen (secondary N) is 2. The van der Waals surface area contributed by atoms with Crippen molar-refractivity contribution in [2.24, 2.45) is 0 Å². The second kappa shape index (κ2) is 6.45. The van der Waals surface area contributed by atoms with E-state index in [2.05, 4.69) is 10.9 Å². The van der Waals surface area contributed by atoms with E-state index >= 15 is 0 Å². The molecule has 2 N–H and O–H groups in total. The number of benzene rings is 1. The van der Waals surface area contributed by atoms with Gasteiger partial charge in [-0.25, -0.2) is 0 Å². The average Bonchev–Trinajstić information content (AvgIpc) is 2.75. The third kappa shape index (κ3) is 3.43. The highest BCUT2D eigenvalue weighted by molar-refractivity contribution is 7.20. The minimum Gasteiger partial charge on any atom is -0.267 e. The Morgan fingerprint density at radius 3 is 2.10 bits per heavy atom. The van der Waals surface area contributed by atoms with Crippen molar-refractivity contribution in [2.45, 2.75) is 0 Å². The number of amides is 2. The van der Waals surface area contributed by atoms with Gasteiger partial charge in [-0.2, -0.15) is 0 Å². The molecule has 1 heterocycles. The Morgan fingerprint density at radius 2 is 1.55 bits per heavy atom. The van der Waals surface area contributed by atoms with Crippen molar-refractivity contribution in [3.05, 3.63) is 55.2 Å². The van der Waals surface area contributed by atoms with Crippen LogP contribution in [-0.4, -0.2) is 11.8 Å². The van der Waals surface area contributed by atoms with Gasteiger partial charge >= 0.3 is 0 Å². The molecule has 2 amide bonds. The maximum absolute atomic E-state index is 11.8. The van der Waals surface area contributed by atoms with Crippen LogP contribution in [0.1, 0.15) is 20.7 Å². The summed E-state index contributed by atoms with van der Waals surface area (Å²) in [6.45, 7) is 0. The second-order valence-corrected chi connectivity index (χ2v) is 6.32. The van der Waals surface area contributed by atoms with Crippen LogP contribution in [0.5, 0.6) is 0 Å². The van der Waals surface area contributed by atoms with E-state index in [1.165, 1.54) is 12.1 Å². The van der Waals surface area contributed by atoms with Gasteiger partial charge in [0.1, 0.15) is 4.34 Å². The van der Waals surface area contributed by atoms with Gasteiger partial charge in [0.15, 0.2) is 0 Å². The number of hydrogen-bond acceptors (Lipinski definition) is 3. The van der Waals surface area contributed by atoms with Crippen LogP contribution in [0.2, 0.25) is 13.7 Å². The van der Waals surface area contributed by atoms with Gasteiger partial charge in [0.25, 0.3) is 11.8 Å². The van der Waals surface area contributed by atoms with E-state index in [-0.39, 0.29) is 20.5 Å². The van der Waals surface area contributed by atoms with Crippen LogP contribution in [0.25, 0.3) is 0 Å². The van der Waals surface area contributed by atoms with Gasteiger partial charge < -0.3 is 0 Å². The van der Waals surface area contributed by atoms with Crippen molar-refractivity contribution in [3.8, 4) is 0 Å². The normalized spacial score (nSPS) is 10.2. The maximum atomic E-state index is 11.8. The van der Waals surface area contributed by atoms with Crippen molar-refractivity contribution in [1.82, 2.24) is 10.9 Å². The molecule has 0 radical (unpaired) electrons. The Kier molecular flexibility index (Phi) is 4.88. The monoisotopic (exact) mass is 348 g/mol. The predicted octanol–water partition coefficient (Wildman–Crippen LogP) is 3.78. The molecule has 4 nitrogen and oxygen atoms in total. The zero-order valence-electron chi connectivity index (χ0n) is 9.75. The fourth-order valence-corrected chi connectivity index (χ4v) is 3.07. The largest absolute Gasteiger partial charge is 0.272 e. The molecule has 0 aliphatic heterocycles. The lowest BCUT2D eigenvalue weighted by atomic mass is 10.2. The quantitative estimate of drug-likeness (QED) is 0.811. The van der Waals surface area contributed by atoms with Crippen molar-refractivity contribution in [2.75, 3.05) is 0 Å². The van der Waals surface area contributed by atoms with Crippen molar-refractivity contribution < 1.29 is 9.59 Å². The molecule has 0 spiro atoms. The summed E-state index contributed by atoms with van der Waals surface area (Å²) in [4.78, 5) is 23.6. The summed E-state index contributed by atoms with van der Waals surface area (Å²) in [5.74, 6) is -1.08. The number of halogens is 3. The molecule has 0 unspecified atom stereocenters. The zero-order valence-corrected chi connectivity index (χ0v) is 12.8. The van der Waals surface area contributed by atoms with Crippen molar-refractivity contribution >= 4 is 58.0 Å². The van der Waals surface area contributed by atoms with Crippen LogP contribution >= 0.6 is 46.1 Å². The molecule has 2 aromatic rings. The lowest BCUT2D eigenvalue weighted by Gasteiger charge is -2.07. The molecule has 104 valence electrons. The molecule has 0 aliphatic rings. The number of rotatable bonds is 2. The van der Waals surface area contributed by atoms with Crippen LogP contribution in [-0.2, 0) is 0 Å². The second-order valence-electron chi connectivity index (χ2n) is 3.63. The lowest BCUT2D eigenvalue weighted by Crippen LogP contribution is -2.41. The molecular formula is C12H7Cl3N2O2S. The third-order valence-corrected chi connectivity index (χ3v) is 4.13. The van der Waals surface area contributed by atoms with Gasteiger partial charge in [-0.3, -0.25) is 20.4 Å². The molecule has 20 heavy (non-hydrogen) atoms. The van der Waals surface area contributed by atoms with Gasteiger partial charge in [0.2, 0.25) is 0 Å². The molecule has 0 bridgehead atoms. The number of carbonyl (C=O) groups excluding carboxylic acids is 2. The molecule has 0 saturated carbocycles. The zero-order chi connectivity index (χ0) is 14.7. The highest BCUT2D eigenvalue weighted by Crippen LogP contribution is 2.30. The van der Waals surface area contributed by atoms with E-state index < -0.39 is 11.8 Å². The molecule has 1 aromatic heterocycles. The molecule has 0 atom stereocenters. The number of hydrogen-bond donors (Lipinski definition) is 2. The molecule has 0 aliphatic carbocycles. The van der Waals surface area contributed by atoms with E-state index in [4.69, 9.17) is 34.8 Å². The van der Waals surface area contributed by atoms with E-state index in [1.807, 2.05) is 0 Å². The smallest absolute Gasteiger partial charge is 0.267 e. The molecule has 8 heteroatoms. The Labute approximate surface area is 133 Å². The van der Waals surface area contributed by atoms with Gasteiger partial charge in [0, 0.05) is 0 Å². The van der Waals surface area contributed by atoms with Crippen LogP contribution in [0.15, 0.2) is 30.3 Å². The minimum absolute atomic E-state index is 0.195. The van der Waals surface area contributed by atoms with Crippen molar-refractivity contribution in [3.63, 3.8) is 0 Å². The van der Waals surface area contributed by atoms with Crippen LogP contribution < -0.4 is 10.9 Å². The van der Waals surface area contributed by atoms with E-state index in [9.17, 15) is 9.59 Å². The van der Waals surface area contributed by atoms with E-state index in [0.29, 0.717) is 4.34 Å². The van der Waals surface area contributed by atoms with Crippen molar-refractivity contribution in [1.29, 1.82) is 0 Å². The van der Waals surface area contributed by atoms with Crippen LogP contribution in [0.3, 0.4) is 0 Å². The highest BCUT2D eigenvalue weighted by Gasteiger charge is 2.16. The molecule has 2 rings (SSSR count). The molecular weight excluding hydrogens is 343 g/mol. The fraction of sp³-hybridized carbons (Fsp3) is 0. The fourth-order valence-electron chi connectivity index (χ4n) is 1.39. The minimum atomic E-state index is -0.557. The van der Waals surface area contributed by atoms with E-state index in [0.717, 1.165) is 11.3 Å². The molecule has 0 fully saturated rings. The van der Waals surface area contributed by atoms with Crippen LogP contribution in [0, 0.1) is 0 Å². The average molecular weight is 350 g/mol. The summed E-state index contributed by atoms with van der Waals surface area (Å²) in [5.41, 5.74) is 4.95. The Hall–Kier alpha value is -1.27. The Bertz CT molecular complexity index is 672.